The zero-order chi connectivity index (χ0) is 10.1. The number of rotatable bonds is 1. The van der Waals surface area contributed by atoms with Crippen LogP contribution in [0.25, 0.3) is 0 Å². The first-order chi connectivity index (χ1) is 6.72. The number of hydrogen-bond donors (Lipinski definition) is 1. The Labute approximate surface area is 82.1 Å². The van der Waals surface area contributed by atoms with Crippen molar-refractivity contribution in [2.24, 2.45) is 0 Å². The maximum atomic E-state index is 11.4. The Morgan fingerprint density at radius 3 is 2.93 bits per heavy atom. The molecule has 0 fully saturated rings. The molecule has 0 aliphatic carbocycles. The first kappa shape index (κ1) is 8.94. The van der Waals surface area contributed by atoms with Gasteiger partial charge in [0.15, 0.2) is 0 Å². The van der Waals surface area contributed by atoms with Crippen LogP contribution in [0.5, 0.6) is 0 Å². The number of aryl methyl sites for hydroxylation is 1. The molecule has 1 aromatic rings. The smallest absolute Gasteiger partial charge is 0.251 e. The summed E-state index contributed by atoms with van der Waals surface area (Å²) in [4.78, 5) is 22.1. The van der Waals surface area contributed by atoms with Gasteiger partial charge >= 0.3 is 0 Å². The highest BCUT2D eigenvalue weighted by atomic mass is 16.1. The van der Waals surface area contributed by atoms with Crippen LogP contribution in [0.1, 0.15) is 31.8 Å². The number of carbonyl (C=O) groups excluding carboxylic acids is 2. The highest BCUT2D eigenvalue weighted by Crippen LogP contribution is 2.18. The molecule has 1 aromatic carbocycles. The van der Waals surface area contributed by atoms with Gasteiger partial charge in [-0.1, -0.05) is 6.07 Å². The molecule has 14 heavy (non-hydrogen) atoms. The fourth-order valence-electron chi connectivity index (χ4n) is 1.74. The molecule has 0 saturated heterocycles. The van der Waals surface area contributed by atoms with Crippen LogP contribution >= 0.6 is 0 Å². The summed E-state index contributed by atoms with van der Waals surface area (Å²) in [7, 11) is 0. The molecule has 1 N–H and O–H groups in total. The number of benzene rings is 1. The number of carbonyl (C=O) groups is 2. The maximum Gasteiger partial charge on any atom is 0.251 e. The highest BCUT2D eigenvalue weighted by molar-refractivity contribution is 5.98. The van der Waals surface area contributed by atoms with Crippen LogP contribution in [0.3, 0.4) is 0 Å². The van der Waals surface area contributed by atoms with E-state index in [-0.39, 0.29) is 5.91 Å². The molecule has 0 bridgehead atoms. The Hall–Kier alpha value is -1.64. The van der Waals surface area contributed by atoms with E-state index in [0.717, 1.165) is 23.8 Å². The summed E-state index contributed by atoms with van der Waals surface area (Å²) >= 11 is 0. The molecule has 2 rings (SSSR count). The predicted molar refractivity (Wildman–Crippen MR) is 52.6 cm³/mol. The largest absolute Gasteiger partial charge is 0.352 e. The van der Waals surface area contributed by atoms with Gasteiger partial charge < -0.3 is 5.32 Å². The summed E-state index contributed by atoms with van der Waals surface area (Å²) in [5.41, 5.74) is 3.22. The molecule has 1 heterocycles. The lowest BCUT2D eigenvalue weighted by molar-refractivity contribution is 0.0946. The first-order valence-corrected chi connectivity index (χ1v) is 4.59. The van der Waals surface area contributed by atoms with Crippen molar-refractivity contribution in [3.63, 3.8) is 0 Å². The summed E-state index contributed by atoms with van der Waals surface area (Å²) < 4.78 is 0. The van der Waals surface area contributed by atoms with Crippen LogP contribution in [0.2, 0.25) is 0 Å². The molecule has 0 atom stereocenters. The Morgan fingerprint density at radius 2 is 2.21 bits per heavy atom. The van der Waals surface area contributed by atoms with Crippen molar-refractivity contribution in [3.05, 3.63) is 34.4 Å². The quantitative estimate of drug-likeness (QED) is 0.672. The summed E-state index contributed by atoms with van der Waals surface area (Å²) in [6.07, 6.45) is 1.64. The number of fused-ring (bicyclic) bond motifs is 1. The lowest BCUT2D eigenvalue weighted by Gasteiger charge is -2.17. The average Bonchev–Trinajstić information content (AvgIpc) is 2.17. The van der Waals surface area contributed by atoms with Crippen molar-refractivity contribution >= 4 is 12.2 Å². The normalized spacial score (nSPS) is 14.5. The first-order valence-electron chi connectivity index (χ1n) is 4.59. The molecule has 72 valence electrons. The molecule has 0 unspecified atom stereocenters. The van der Waals surface area contributed by atoms with Gasteiger partial charge in [-0.3, -0.25) is 9.59 Å². The van der Waals surface area contributed by atoms with Crippen molar-refractivity contribution < 1.29 is 9.59 Å². The van der Waals surface area contributed by atoms with Crippen LogP contribution in [-0.2, 0) is 6.42 Å². The summed E-state index contributed by atoms with van der Waals surface area (Å²) in [5.74, 6) is -0.0747. The molecule has 0 saturated carbocycles. The van der Waals surface area contributed by atoms with E-state index in [2.05, 4.69) is 5.32 Å². The molecule has 1 aliphatic rings. The summed E-state index contributed by atoms with van der Waals surface area (Å²) in [6.45, 7) is 2.57. The van der Waals surface area contributed by atoms with Gasteiger partial charge in [-0.2, -0.15) is 0 Å². The van der Waals surface area contributed by atoms with Crippen LogP contribution in [0.15, 0.2) is 12.1 Å². The van der Waals surface area contributed by atoms with Crippen LogP contribution in [-0.4, -0.2) is 18.7 Å². The van der Waals surface area contributed by atoms with Crippen molar-refractivity contribution in [2.45, 2.75) is 13.3 Å². The number of amides is 1. The van der Waals surface area contributed by atoms with Crippen LogP contribution < -0.4 is 5.32 Å². The molecule has 3 nitrogen and oxygen atoms in total. The van der Waals surface area contributed by atoms with E-state index in [1.54, 1.807) is 6.07 Å². The lowest BCUT2D eigenvalue weighted by atomic mass is 9.95. The minimum absolute atomic E-state index is 0.0747. The Kier molecular flexibility index (Phi) is 2.08. The minimum atomic E-state index is -0.0747. The van der Waals surface area contributed by atoms with Crippen molar-refractivity contribution in [1.82, 2.24) is 5.32 Å². The van der Waals surface area contributed by atoms with Gasteiger partial charge in [-0.05, 0) is 30.5 Å². The topological polar surface area (TPSA) is 46.2 Å². The van der Waals surface area contributed by atoms with Crippen molar-refractivity contribution in [3.8, 4) is 0 Å². The molecule has 1 amide bonds. The van der Waals surface area contributed by atoms with E-state index in [9.17, 15) is 9.59 Å². The average molecular weight is 189 g/mol. The van der Waals surface area contributed by atoms with Gasteiger partial charge in [0.05, 0.1) is 0 Å². The van der Waals surface area contributed by atoms with E-state index in [0.29, 0.717) is 17.7 Å². The second kappa shape index (κ2) is 3.25. The fraction of sp³-hybridized carbons (Fsp3) is 0.273. The van der Waals surface area contributed by atoms with Gasteiger partial charge in [0.2, 0.25) is 0 Å². The van der Waals surface area contributed by atoms with Crippen molar-refractivity contribution in [2.75, 3.05) is 6.54 Å². The molecule has 0 aromatic heterocycles. The molecular formula is C11H11NO2. The third kappa shape index (κ3) is 1.31. The van der Waals surface area contributed by atoms with Crippen LogP contribution in [0, 0.1) is 6.92 Å². The Morgan fingerprint density at radius 1 is 1.43 bits per heavy atom. The third-order valence-corrected chi connectivity index (χ3v) is 2.54. The fourth-order valence-corrected chi connectivity index (χ4v) is 1.74. The maximum absolute atomic E-state index is 11.4. The standard InChI is InChI=1S/C11H11NO2/c1-7-4-8-2-3-12-11(14)10(8)5-9(7)6-13/h4-6H,2-3H2,1H3,(H,12,14). The Balaban J connectivity index is 2.60. The van der Waals surface area contributed by atoms with Gasteiger partial charge in [-0.25, -0.2) is 0 Å². The van der Waals surface area contributed by atoms with E-state index < -0.39 is 0 Å². The summed E-state index contributed by atoms with van der Waals surface area (Å²) in [6, 6.07) is 3.60. The van der Waals surface area contributed by atoms with Gasteiger partial charge in [0.1, 0.15) is 6.29 Å². The minimum Gasteiger partial charge on any atom is -0.352 e. The number of aldehydes is 1. The second-order valence-electron chi connectivity index (χ2n) is 3.49. The lowest BCUT2D eigenvalue weighted by Crippen LogP contribution is -2.32. The molecule has 3 heteroatoms. The number of nitrogens with one attached hydrogen (secondary N) is 1. The Bertz CT molecular complexity index is 410. The van der Waals surface area contributed by atoms with Gasteiger partial charge in [-0.15, -0.1) is 0 Å². The molecule has 1 aliphatic heterocycles. The molecule has 0 radical (unpaired) electrons. The van der Waals surface area contributed by atoms with Crippen LogP contribution in [0.4, 0.5) is 0 Å². The third-order valence-electron chi connectivity index (χ3n) is 2.54. The van der Waals surface area contributed by atoms with E-state index in [1.807, 2.05) is 13.0 Å². The summed E-state index contributed by atoms with van der Waals surface area (Å²) in [5, 5.41) is 2.75. The van der Waals surface area contributed by atoms with Crippen molar-refractivity contribution in [1.29, 1.82) is 0 Å². The molecular weight excluding hydrogens is 178 g/mol. The van der Waals surface area contributed by atoms with Gasteiger partial charge in [0.25, 0.3) is 5.91 Å². The zero-order valence-corrected chi connectivity index (χ0v) is 7.96. The number of hydrogen-bond acceptors (Lipinski definition) is 2. The monoisotopic (exact) mass is 189 g/mol. The predicted octanol–water partition coefficient (Wildman–Crippen LogP) is 1.09. The molecule has 0 spiro atoms. The van der Waals surface area contributed by atoms with Gasteiger partial charge in [0, 0.05) is 17.7 Å². The SMILES string of the molecule is Cc1cc2c(cc1C=O)C(=O)NCC2. The second-order valence-corrected chi connectivity index (χ2v) is 3.49. The van der Waals surface area contributed by atoms with E-state index in [4.69, 9.17) is 0 Å². The highest BCUT2D eigenvalue weighted by Gasteiger charge is 2.17. The van der Waals surface area contributed by atoms with E-state index >= 15 is 0 Å². The van der Waals surface area contributed by atoms with E-state index in [1.165, 1.54) is 0 Å². The zero-order valence-electron chi connectivity index (χ0n) is 7.96.